The maximum atomic E-state index is 13.3. The van der Waals surface area contributed by atoms with Crippen molar-refractivity contribution in [3.8, 4) is 22.9 Å². The summed E-state index contributed by atoms with van der Waals surface area (Å²) < 4.78 is 71.5. The van der Waals surface area contributed by atoms with E-state index in [1.54, 1.807) is 84.9 Å². The van der Waals surface area contributed by atoms with Crippen molar-refractivity contribution in [3.05, 3.63) is 102 Å². The summed E-state index contributed by atoms with van der Waals surface area (Å²) in [6, 6.07) is 20.3. The predicted molar refractivity (Wildman–Crippen MR) is 154 cm³/mol. The van der Waals surface area contributed by atoms with E-state index in [0.29, 0.717) is 28.8 Å². The lowest BCUT2D eigenvalue weighted by molar-refractivity contribution is -0.137. The second kappa shape index (κ2) is 12.3. The summed E-state index contributed by atoms with van der Waals surface area (Å²) in [6.45, 7) is 0.721. The van der Waals surface area contributed by atoms with Crippen molar-refractivity contribution in [1.29, 1.82) is 0 Å². The summed E-state index contributed by atoms with van der Waals surface area (Å²) in [5.74, 6) is 0.0634. The van der Waals surface area contributed by atoms with Crippen LogP contribution in [0.1, 0.15) is 21.6 Å². The Morgan fingerprint density at radius 1 is 0.953 bits per heavy atom. The average Bonchev–Trinajstić information content (AvgIpc) is 3.01. The van der Waals surface area contributed by atoms with Gasteiger partial charge in [-0.1, -0.05) is 18.2 Å². The number of amides is 1. The standard InChI is InChI=1S/C30H26F3N5O4S/c1-34-19-21-4-2-5-25(18-21)43(40,41)38-16-14-37(15-17-38)29(39)27-7-3-6-26(36-27)22-8-11-24(12-9-22)42-28-13-10-23(20-35-28)30(31,32)33/h2-13,18-20H,14-17H2,1H3/b34-19-. The first-order valence-electron chi connectivity index (χ1n) is 13.1. The molecule has 2 aromatic heterocycles. The number of rotatable bonds is 7. The number of pyridine rings is 2. The van der Waals surface area contributed by atoms with Crippen molar-refractivity contribution in [3.63, 3.8) is 0 Å². The highest BCUT2D eigenvalue weighted by molar-refractivity contribution is 7.89. The molecule has 0 spiro atoms. The smallest absolute Gasteiger partial charge is 0.417 e. The van der Waals surface area contributed by atoms with E-state index >= 15 is 0 Å². The number of aromatic nitrogens is 2. The highest BCUT2D eigenvalue weighted by Gasteiger charge is 2.32. The van der Waals surface area contributed by atoms with Gasteiger partial charge in [-0.05, 0) is 60.2 Å². The lowest BCUT2D eigenvalue weighted by Crippen LogP contribution is -2.50. The van der Waals surface area contributed by atoms with Gasteiger partial charge in [0.1, 0.15) is 11.4 Å². The number of piperazine rings is 1. The van der Waals surface area contributed by atoms with Crippen LogP contribution in [0.4, 0.5) is 13.2 Å². The minimum Gasteiger partial charge on any atom is -0.439 e. The van der Waals surface area contributed by atoms with Gasteiger partial charge in [0.25, 0.3) is 5.91 Å². The normalized spacial score (nSPS) is 14.7. The number of hydrogen-bond acceptors (Lipinski definition) is 7. The summed E-state index contributed by atoms with van der Waals surface area (Å²) in [5, 5.41) is 0. The van der Waals surface area contributed by atoms with E-state index in [0.717, 1.165) is 12.1 Å². The number of carbonyl (C=O) groups is 1. The molecule has 13 heteroatoms. The summed E-state index contributed by atoms with van der Waals surface area (Å²) in [5.41, 5.74) is 1.25. The van der Waals surface area contributed by atoms with Gasteiger partial charge in [-0.3, -0.25) is 9.79 Å². The molecule has 0 radical (unpaired) electrons. The monoisotopic (exact) mass is 609 g/mol. The van der Waals surface area contributed by atoms with Crippen LogP contribution in [-0.4, -0.2) is 72.9 Å². The van der Waals surface area contributed by atoms with Crippen LogP contribution in [-0.2, 0) is 16.2 Å². The Labute approximate surface area is 246 Å². The number of sulfonamides is 1. The van der Waals surface area contributed by atoms with Gasteiger partial charge < -0.3 is 9.64 Å². The number of nitrogens with zero attached hydrogens (tertiary/aromatic N) is 5. The Bertz CT molecular complexity index is 1740. The largest absolute Gasteiger partial charge is 0.439 e. The third-order valence-electron chi connectivity index (χ3n) is 6.70. The summed E-state index contributed by atoms with van der Waals surface area (Å²) >= 11 is 0. The number of alkyl halides is 3. The highest BCUT2D eigenvalue weighted by Crippen LogP contribution is 2.30. The number of benzene rings is 2. The van der Waals surface area contributed by atoms with Gasteiger partial charge in [0.2, 0.25) is 15.9 Å². The topological polar surface area (TPSA) is 105 Å². The van der Waals surface area contributed by atoms with E-state index in [4.69, 9.17) is 4.74 Å². The van der Waals surface area contributed by atoms with Crippen molar-refractivity contribution in [2.45, 2.75) is 11.1 Å². The molecular formula is C30H26F3N5O4S. The molecule has 0 saturated carbocycles. The fourth-order valence-electron chi connectivity index (χ4n) is 4.48. The van der Waals surface area contributed by atoms with Crippen LogP contribution < -0.4 is 4.74 Å². The molecule has 1 aliphatic rings. The van der Waals surface area contributed by atoms with E-state index in [-0.39, 0.29) is 48.6 Å². The Morgan fingerprint density at radius 3 is 2.33 bits per heavy atom. The van der Waals surface area contributed by atoms with Gasteiger partial charge in [-0.2, -0.15) is 17.5 Å². The second-order valence-electron chi connectivity index (χ2n) is 9.57. The maximum Gasteiger partial charge on any atom is 0.417 e. The Hall–Kier alpha value is -4.62. The first kappa shape index (κ1) is 29.9. The average molecular weight is 610 g/mol. The highest BCUT2D eigenvalue weighted by atomic mass is 32.2. The molecule has 1 fully saturated rings. The third kappa shape index (κ3) is 6.89. The number of ether oxygens (including phenoxy) is 1. The van der Waals surface area contributed by atoms with E-state index in [1.165, 1.54) is 4.31 Å². The molecule has 9 nitrogen and oxygen atoms in total. The molecule has 1 saturated heterocycles. The molecule has 0 unspecified atom stereocenters. The molecule has 222 valence electrons. The molecule has 1 aliphatic heterocycles. The lowest BCUT2D eigenvalue weighted by atomic mass is 10.1. The van der Waals surface area contributed by atoms with Crippen molar-refractivity contribution >= 4 is 22.1 Å². The predicted octanol–water partition coefficient (Wildman–Crippen LogP) is 5.15. The van der Waals surface area contributed by atoms with Crippen molar-refractivity contribution in [1.82, 2.24) is 19.2 Å². The van der Waals surface area contributed by atoms with Crippen LogP contribution in [0.25, 0.3) is 11.3 Å². The molecular weight excluding hydrogens is 583 g/mol. The number of carbonyl (C=O) groups excluding carboxylic acids is 1. The summed E-state index contributed by atoms with van der Waals surface area (Å²) in [7, 11) is -2.12. The number of hydrogen-bond donors (Lipinski definition) is 0. The van der Waals surface area contributed by atoms with Crippen LogP contribution in [0.3, 0.4) is 0 Å². The van der Waals surface area contributed by atoms with Crippen molar-refractivity contribution in [2.75, 3.05) is 33.2 Å². The molecule has 43 heavy (non-hydrogen) atoms. The third-order valence-corrected chi connectivity index (χ3v) is 8.60. The van der Waals surface area contributed by atoms with Gasteiger partial charge in [0.15, 0.2) is 0 Å². The second-order valence-corrected chi connectivity index (χ2v) is 11.5. The van der Waals surface area contributed by atoms with Crippen molar-refractivity contribution in [2.24, 2.45) is 4.99 Å². The van der Waals surface area contributed by atoms with Crippen LogP contribution in [0.15, 0.2) is 94.9 Å². The van der Waals surface area contributed by atoms with Crippen molar-refractivity contribution < 1.29 is 31.1 Å². The molecule has 4 aromatic rings. The Balaban J connectivity index is 1.22. The van der Waals surface area contributed by atoms with Gasteiger partial charge in [0.05, 0.1) is 16.2 Å². The zero-order chi connectivity index (χ0) is 30.6. The minimum absolute atomic E-state index is 0.0128. The number of aliphatic imine (C=N–C) groups is 1. The first-order chi connectivity index (χ1) is 20.5. The molecule has 2 aromatic carbocycles. The van der Waals surface area contributed by atoms with Gasteiger partial charge in [0, 0.05) is 57.3 Å². The van der Waals surface area contributed by atoms with E-state index in [1.807, 2.05) is 0 Å². The molecule has 0 atom stereocenters. The number of halogens is 3. The van der Waals surface area contributed by atoms with E-state index in [2.05, 4.69) is 15.0 Å². The quantitative estimate of drug-likeness (QED) is 0.269. The minimum atomic E-state index is -4.48. The SMILES string of the molecule is C/N=C\c1cccc(S(=O)(=O)N2CCN(C(=O)c3cccc(-c4ccc(Oc5ccc(C(F)(F)F)cn5)cc4)n3)CC2)c1. The zero-order valence-corrected chi connectivity index (χ0v) is 23.7. The van der Waals surface area contributed by atoms with Gasteiger partial charge in [-0.15, -0.1) is 0 Å². The van der Waals surface area contributed by atoms with Crippen LogP contribution in [0.2, 0.25) is 0 Å². The Morgan fingerprint density at radius 2 is 1.67 bits per heavy atom. The summed E-state index contributed by atoms with van der Waals surface area (Å²) in [6.07, 6.45) is -2.20. The molecule has 1 amide bonds. The molecule has 0 aliphatic carbocycles. The summed E-state index contributed by atoms with van der Waals surface area (Å²) in [4.78, 5) is 27.1. The van der Waals surface area contributed by atoms with Crippen LogP contribution in [0.5, 0.6) is 11.6 Å². The van der Waals surface area contributed by atoms with Crippen LogP contribution in [0, 0.1) is 0 Å². The van der Waals surface area contributed by atoms with E-state index < -0.39 is 21.8 Å². The molecule has 3 heterocycles. The molecule has 5 rings (SSSR count). The fraction of sp³-hybridized carbons (Fsp3) is 0.200. The van der Waals surface area contributed by atoms with E-state index in [9.17, 15) is 26.4 Å². The maximum absolute atomic E-state index is 13.3. The fourth-order valence-corrected chi connectivity index (χ4v) is 5.96. The van der Waals surface area contributed by atoms with Gasteiger partial charge >= 0.3 is 6.18 Å². The molecule has 0 N–H and O–H groups in total. The molecule has 0 bridgehead atoms. The Kier molecular flexibility index (Phi) is 8.55. The van der Waals surface area contributed by atoms with Gasteiger partial charge in [-0.25, -0.2) is 18.4 Å². The zero-order valence-electron chi connectivity index (χ0n) is 22.9. The lowest BCUT2D eigenvalue weighted by Gasteiger charge is -2.33. The first-order valence-corrected chi connectivity index (χ1v) is 14.6. The van der Waals surface area contributed by atoms with Crippen LogP contribution >= 0.6 is 0 Å².